The normalized spacial score (nSPS) is 12.7. The first-order chi connectivity index (χ1) is 8.54. The molecule has 6 heteroatoms. The van der Waals surface area contributed by atoms with Crippen molar-refractivity contribution in [2.75, 3.05) is 0 Å². The molecule has 0 aliphatic carbocycles. The van der Waals surface area contributed by atoms with Crippen LogP contribution in [0.25, 0.3) is 5.69 Å². The molecule has 0 bridgehead atoms. The smallest absolute Gasteiger partial charge is 0.321 e. The first-order valence-corrected chi connectivity index (χ1v) is 6.11. The molecule has 0 fully saturated rings. The van der Waals surface area contributed by atoms with Gasteiger partial charge in [-0.25, -0.2) is 14.5 Å². The van der Waals surface area contributed by atoms with Gasteiger partial charge in [-0.05, 0) is 31.0 Å². The summed E-state index contributed by atoms with van der Waals surface area (Å²) in [6, 6.07) is 5.13. The van der Waals surface area contributed by atoms with Gasteiger partial charge in [-0.15, -0.1) is 0 Å². The molecule has 0 saturated heterocycles. The molecular formula is C12H15ClN4O. The Kier molecular flexibility index (Phi) is 3.54. The second kappa shape index (κ2) is 4.96. The topological polar surface area (TPSA) is 76.7 Å². The number of hydrogen-bond acceptors (Lipinski definition) is 3. The molecule has 96 valence electrons. The molecule has 3 N–H and O–H groups in total. The Morgan fingerprint density at radius 1 is 1.56 bits per heavy atom. The van der Waals surface area contributed by atoms with Gasteiger partial charge in [-0.2, -0.15) is 5.10 Å². The lowest BCUT2D eigenvalue weighted by atomic mass is 10.2. The molecule has 2 aromatic rings. The van der Waals surface area contributed by atoms with Crippen LogP contribution in [-0.2, 0) is 0 Å². The van der Waals surface area contributed by atoms with Gasteiger partial charge in [0.2, 0.25) is 0 Å². The number of nitrogens with two attached hydrogens (primary N) is 1. The summed E-state index contributed by atoms with van der Waals surface area (Å²) in [5, 5.41) is 7.00. The van der Waals surface area contributed by atoms with Crippen molar-refractivity contribution < 1.29 is 0 Å². The minimum atomic E-state index is -0.311. The van der Waals surface area contributed by atoms with Gasteiger partial charge in [-0.1, -0.05) is 24.6 Å². The first-order valence-electron chi connectivity index (χ1n) is 5.74. The zero-order chi connectivity index (χ0) is 13.3. The van der Waals surface area contributed by atoms with Crippen molar-refractivity contribution >= 4 is 11.6 Å². The number of halogens is 1. The number of rotatable bonds is 3. The summed E-state index contributed by atoms with van der Waals surface area (Å²) in [5.74, 6) is 0.516. The van der Waals surface area contributed by atoms with E-state index < -0.39 is 0 Å². The fourth-order valence-electron chi connectivity index (χ4n) is 1.71. The van der Waals surface area contributed by atoms with Crippen molar-refractivity contribution in [1.29, 1.82) is 0 Å². The van der Waals surface area contributed by atoms with E-state index in [0.717, 1.165) is 5.56 Å². The lowest BCUT2D eigenvalue weighted by molar-refractivity contribution is 0.631. The molecule has 1 atom stereocenters. The molecule has 1 heterocycles. The van der Waals surface area contributed by atoms with E-state index in [-0.39, 0.29) is 11.7 Å². The number of nitrogens with zero attached hydrogens (tertiary/aromatic N) is 2. The Labute approximate surface area is 110 Å². The fraction of sp³-hybridized carbons (Fsp3) is 0.333. The first kappa shape index (κ1) is 12.9. The van der Waals surface area contributed by atoms with Gasteiger partial charge in [0, 0.05) is 5.02 Å². The number of hydrogen-bond donors (Lipinski definition) is 2. The van der Waals surface area contributed by atoms with Crippen LogP contribution in [-0.4, -0.2) is 14.8 Å². The SMILES string of the molecule is CCC(N)c1n[nH]c(=O)n1-c1ccc(C)c(Cl)c1. The maximum atomic E-state index is 11.8. The number of nitrogens with one attached hydrogen (secondary N) is 1. The molecule has 0 saturated carbocycles. The Balaban J connectivity index is 2.59. The minimum absolute atomic E-state index is 0.288. The average molecular weight is 267 g/mol. The fourth-order valence-corrected chi connectivity index (χ4v) is 1.89. The quantitative estimate of drug-likeness (QED) is 0.891. The summed E-state index contributed by atoms with van der Waals surface area (Å²) in [6.45, 7) is 3.85. The summed E-state index contributed by atoms with van der Waals surface area (Å²) in [7, 11) is 0. The molecule has 0 aliphatic rings. The second-order valence-electron chi connectivity index (χ2n) is 4.17. The highest BCUT2D eigenvalue weighted by Crippen LogP contribution is 2.20. The molecule has 0 radical (unpaired) electrons. The van der Waals surface area contributed by atoms with Gasteiger partial charge in [0.05, 0.1) is 11.7 Å². The van der Waals surface area contributed by atoms with Gasteiger partial charge >= 0.3 is 5.69 Å². The van der Waals surface area contributed by atoms with Crippen molar-refractivity contribution in [2.24, 2.45) is 5.73 Å². The molecule has 0 aliphatic heterocycles. The van der Waals surface area contributed by atoms with Crippen molar-refractivity contribution in [3.63, 3.8) is 0 Å². The standard InChI is InChI=1S/C12H15ClN4O/c1-3-10(14)11-15-16-12(18)17(11)8-5-4-7(2)9(13)6-8/h4-6,10H,3,14H2,1-2H3,(H,16,18). The zero-order valence-corrected chi connectivity index (χ0v) is 11.0. The van der Waals surface area contributed by atoms with Crippen LogP contribution in [0.2, 0.25) is 5.02 Å². The maximum Gasteiger partial charge on any atom is 0.347 e. The Bertz CT molecular complexity index is 617. The van der Waals surface area contributed by atoms with Crippen molar-refractivity contribution in [1.82, 2.24) is 14.8 Å². The molecule has 18 heavy (non-hydrogen) atoms. The molecule has 1 aromatic heterocycles. The minimum Gasteiger partial charge on any atom is -0.321 e. The Hall–Kier alpha value is -1.59. The van der Waals surface area contributed by atoms with E-state index in [4.69, 9.17) is 17.3 Å². The van der Waals surface area contributed by atoms with Gasteiger partial charge < -0.3 is 5.73 Å². The van der Waals surface area contributed by atoms with Gasteiger partial charge in [0.25, 0.3) is 0 Å². The predicted octanol–water partition coefficient (Wildman–Crippen LogP) is 1.93. The third-order valence-electron chi connectivity index (χ3n) is 2.88. The summed E-state index contributed by atoms with van der Waals surface area (Å²) in [5.41, 5.74) is 7.25. The Morgan fingerprint density at radius 2 is 2.28 bits per heavy atom. The average Bonchev–Trinajstić information content (AvgIpc) is 2.74. The summed E-state index contributed by atoms with van der Waals surface area (Å²) in [4.78, 5) is 11.8. The number of aromatic nitrogens is 3. The van der Waals surface area contributed by atoms with E-state index in [1.807, 2.05) is 26.0 Å². The third kappa shape index (κ3) is 2.19. The lowest BCUT2D eigenvalue weighted by Crippen LogP contribution is -2.21. The lowest BCUT2D eigenvalue weighted by Gasteiger charge is -2.11. The van der Waals surface area contributed by atoms with Gasteiger partial charge in [0.15, 0.2) is 5.82 Å². The van der Waals surface area contributed by atoms with Crippen LogP contribution >= 0.6 is 11.6 Å². The monoisotopic (exact) mass is 266 g/mol. The molecule has 1 unspecified atom stereocenters. The van der Waals surface area contributed by atoms with E-state index in [2.05, 4.69) is 10.2 Å². The highest BCUT2D eigenvalue weighted by Gasteiger charge is 2.16. The van der Waals surface area contributed by atoms with Gasteiger partial charge in [0.1, 0.15) is 0 Å². The van der Waals surface area contributed by atoms with Crippen LogP contribution in [0.15, 0.2) is 23.0 Å². The summed E-state index contributed by atoms with van der Waals surface area (Å²) < 4.78 is 1.46. The predicted molar refractivity (Wildman–Crippen MR) is 71.2 cm³/mol. The van der Waals surface area contributed by atoms with Crippen LogP contribution in [0.4, 0.5) is 0 Å². The van der Waals surface area contributed by atoms with Gasteiger partial charge in [-0.3, -0.25) is 0 Å². The van der Waals surface area contributed by atoms with E-state index in [9.17, 15) is 4.79 Å². The molecule has 5 nitrogen and oxygen atoms in total. The van der Waals surface area contributed by atoms with Crippen LogP contribution in [0, 0.1) is 6.92 Å². The van der Waals surface area contributed by atoms with Crippen LogP contribution in [0.3, 0.4) is 0 Å². The van der Waals surface area contributed by atoms with E-state index in [1.165, 1.54) is 4.57 Å². The largest absolute Gasteiger partial charge is 0.347 e. The number of aromatic amines is 1. The highest BCUT2D eigenvalue weighted by molar-refractivity contribution is 6.31. The van der Waals surface area contributed by atoms with E-state index in [0.29, 0.717) is 23.0 Å². The van der Waals surface area contributed by atoms with Crippen molar-refractivity contribution in [3.05, 3.63) is 45.1 Å². The van der Waals surface area contributed by atoms with E-state index >= 15 is 0 Å². The highest BCUT2D eigenvalue weighted by atomic mass is 35.5. The zero-order valence-electron chi connectivity index (χ0n) is 10.3. The molecule has 2 rings (SSSR count). The molecule has 0 spiro atoms. The van der Waals surface area contributed by atoms with Crippen LogP contribution < -0.4 is 11.4 Å². The van der Waals surface area contributed by atoms with Crippen molar-refractivity contribution in [3.8, 4) is 5.69 Å². The van der Waals surface area contributed by atoms with E-state index in [1.54, 1.807) is 6.07 Å². The van der Waals surface area contributed by atoms with Crippen LogP contribution in [0.5, 0.6) is 0 Å². The molecular weight excluding hydrogens is 252 g/mol. The Morgan fingerprint density at radius 3 is 2.89 bits per heavy atom. The number of H-pyrrole nitrogens is 1. The second-order valence-corrected chi connectivity index (χ2v) is 4.58. The summed E-state index contributed by atoms with van der Waals surface area (Å²) >= 11 is 6.07. The maximum absolute atomic E-state index is 11.8. The van der Waals surface area contributed by atoms with Crippen molar-refractivity contribution in [2.45, 2.75) is 26.3 Å². The summed E-state index contributed by atoms with van der Waals surface area (Å²) in [6.07, 6.45) is 0.698. The number of benzene rings is 1. The number of aryl methyl sites for hydroxylation is 1. The third-order valence-corrected chi connectivity index (χ3v) is 3.29. The van der Waals surface area contributed by atoms with Crippen LogP contribution in [0.1, 0.15) is 30.8 Å². The molecule has 0 amide bonds. The molecule has 1 aromatic carbocycles.